The molecule has 1 aliphatic carbocycles. The van der Waals surface area contributed by atoms with E-state index in [0.717, 1.165) is 12.1 Å². The van der Waals surface area contributed by atoms with E-state index in [1.54, 1.807) is 0 Å². The van der Waals surface area contributed by atoms with Gasteiger partial charge in [0.05, 0.1) is 17.6 Å². The van der Waals surface area contributed by atoms with Gasteiger partial charge in [-0.2, -0.15) is 4.39 Å². The number of ether oxygens (including phenoxy) is 1. The molecule has 22 heavy (non-hydrogen) atoms. The van der Waals surface area contributed by atoms with Crippen LogP contribution >= 0.6 is 0 Å². The maximum atomic E-state index is 14.0. The van der Waals surface area contributed by atoms with E-state index >= 15 is 0 Å². The Kier molecular flexibility index (Phi) is 4.46. The number of hydrogen-bond acceptors (Lipinski definition) is 4. The number of halogens is 2. The molecule has 7 heteroatoms. The minimum Gasteiger partial charge on any atom is -0.487 e. The molecule has 0 bridgehead atoms. The molecule has 1 aromatic carbocycles. The number of carboxylic acids is 1. The molecular formula is C15H16F2O5. The lowest BCUT2D eigenvalue weighted by molar-refractivity contribution is -0.137. The number of Topliss-reactive ketones (excluding diaryl/α,β-unsaturated/α-hetero) is 1. The molecule has 1 aromatic rings. The van der Waals surface area contributed by atoms with Gasteiger partial charge in [0.2, 0.25) is 5.82 Å². The highest BCUT2D eigenvalue weighted by molar-refractivity contribution is 5.99. The number of benzene rings is 1. The molecule has 0 aliphatic heterocycles. The van der Waals surface area contributed by atoms with Crippen molar-refractivity contribution in [3.63, 3.8) is 0 Å². The highest BCUT2D eigenvalue weighted by Crippen LogP contribution is 2.36. The molecule has 2 N–H and O–H groups in total. The molecule has 1 saturated carbocycles. The van der Waals surface area contributed by atoms with E-state index in [4.69, 9.17) is 9.84 Å². The van der Waals surface area contributed by atoms with E-state index in [1.165, 1.54) is 6.92 Å². The van der Waals surface area contributed by atoms with Crippen molar-refractivity contribution < 1.29 is 33.3 Å². The Morgan fingerprint density at radius 2 is 1.95 bits per heavy atom. The zero-order valence-corrected chi connectivity index (χ0v) is 11.9. The molecule has 120 valence electrons. The highest BCUT2D eigenvalue weighted by atomic mass is 19.2. The number of rotatable bonds is 7. The van der Waals surface area contributed by atoms with Crippen LogP contribution in [0, 0.1) is 17.6 Å². The average molecular weight is 314 g/mol. The second-order valence-corrected chi connectivity index (χ2v) is 5.62. The molecule has 1 atom stereocenters. The number of carboxylic acid groups (broad SMARTS) is 1. The van der Waals surface area contributed by atoms with E-state index in [9.17, 15) is 23.5 Å². The molecule has 0 saturated heterocycles. The monoisotopic (exact) mass is 314 g/mol. The van der Waals surface area contributed by atoms with Gasteiger partial charge in [-0.1, -0.05) is 6.92 Å². The van der Waals surface area contributed by atoms with Gasteiger partial charge in [-0.25, -0.2) is 4.39 Å². The fraction of sp³-hybridized carbons (Fsp3) is 0.467. The van der Waals surface area contributed by atoms with Crippen LogP contribution in [0.2, 0.25) is 0 Å². The minimum atomic E-state index is -1.37. The number of aliphatic hydroxyl groups is 1. The second-order valence-electron chi connectivity index (χ2n) is 5.62. The van der Waals surface area contributed by atoms with Gasteiger partial charge in [-0.05, 0) is 25.0 Å². The largest absolute Gasteiger partial charge is 0.487 e. The second kappa shape index (κ2) is 6.00. The maximum absolute atomic E-state index is 14.0. The maximum Gasteiger partial charge on any atom is 0.304 e. The Balaban J connectivity index is 2.15. The predicted molar refractivity (Wildman–Crippen MR) is 71.8 cm³/mol. The van der Waals surface area contributed by atoms with Crippen LogP contribution in [0.4, 0.5) is 8.78 Å². The normalized spacial score (nSPS) is 16.9. The van der Waals surface area contributed by atoms with Crippen LogP contribution in [-0.2, 0) is 4.79 Å². The number of carbonyl (C=O) groups excluding carboxylic acids is 1. The van der Waals surface area contributed by atoms with Gasteiger partial charge < -0.3 is 14.9 Å². The zero-order valence-electron chi connectivity index (χ0n) is 11.9. The summed E-state index contributed by atoms with van der Waals surface area (Å²) in [5.74, 6) is -6.03. The van der Waals surface area contributed by atoms with Gasteiger partial charge in [0.15, 0.2) is 17.3 Å². The Morgan fingerprint density at radius 1 is 1.32 bits per heavy atom. The van der Waals surface area contributed by atoms with Gasteiger partial charge in [-0.15, -0.1) is 0 Å². The Morgan fingerprint density at radius 3 is 2.50 bits per heavy atom. The van der Waals surface area contributed by atoms with Crippen molar-refractivity contribution in [3.8, 4) is 5.75 Å². The third-order valence-electron chi connectivity index (χ3n) is 3.56. The summed E-state index contributed by atoms with van der Waals surface area (Å²) in [5, 5.41) is 18.2. The zero-order chi connectivity index (χ0) is 16.5. The Hall–Kier alpha value is -2.02. The van der Waals surface area contributed by atoms with E-state index in [2.05, 4.69) is 0 Å². The highest BCUT2D eigenvalue weighted by Gasteiger charge is 2.41. The third kappa shape index (κ3) is 3.59. The van der Waals surface area contributed by atoms with Crippen molar-refractivity contribution in [1.82, 2.24) is 0 Å². The van der Waals surface area contributed by atoms with Crippen molar-refractivity contribution in [2.24, 2.45) is 5.92 Å². The molecule has 1 fully saturated rings. The standard InChI is InChI=1S/C15H16F2O5/c1-8(6-11(18)19)14(20)9-2-3-10(13(17)12(9)16)22-7-15(21)4-5-15/h2-3,8,21H,4-7H2,1H3,(H,18,19). The van der Waals surface area contributed by atoms with Crippen molar-refractivity contribution in [3.05, 3.63) is 29.3 Å². The number of aliphatic carboxylic acids is 1. The summed E-state index contributed by atoms with van der Waals surface area (Å²) >= 11 is 0. The fourth-order valence-corrected chi connectivity index (χ4v) is 1.95. The first-order valence-corrected chi connectivity index (χ1v) is 6.83. The van der Waals surface area contributed by atoms with E-state index in [-0.39, 0.29) is 12.4 Å². The minimum absolute atomic E-state index is 0.147. The van der Waals surface area contributed by atoms with Gasteiger partial charge in [0.25, 0.3) is 0 Å². The number of ketones is 1. The summed E-state index contributed by atoms with van der Waals surface area (Å²) in [5.41, 5.74) is -1.49. The van der Waals surface area contributed by atoms with Crippen LogP contribution in [0.25, 0.3) is 0 Å². The van der Waals surface area contributed by atoms with Crippen LogP contribution < -0.4 is 4.74 Å². The topological polar surface area (TPSA) is 83.8 Å². The van der Waals surface area contributed by atoms with Crippen molar-refractivity contribution in [1.29, 1.82) is 0 Å². The smallest absolute Gasteiger partial charge is 0.304 e. The lowest BCUT2D eigenvalue weighted by Crippen LogP contribution is -2.20. The quantitative estimate of drug-likeness (QED) is 0.754. The number of hydrogen-bond donors (Lipinski definition) is 2. The van der Waals surface area contributed by atoms with E-state index in [1.807, 2.05) is 0 Å². The van der Waals surface area contributed by atoms with Crippen molar-refractivity contribution in [2.75, 3.05) is 6.61 Å². The summed E-state index contributed by atoms with van der Waals surface area (Å²) in [7, 11) is 0. The first kappa shape index (κ1) is 16.4. The summed E-state index contributed by atoms with van der Waals surface area (Å²) in [6, 6.07) is 2.16. The molecule has 0 radical (unpaired) electrons. The molecule has 1 aliphatic rings. The van der Waals surface area contributed by atoms with Gasteiger partial charge in [-0.3, -0.25) is 9.59 Å². The average Bonchev–Trinajstić information content (AvgIpc) is 3.17. The lowest BCUT2D eigenvalue weighted by atomic mass is 9.96. The SMILES string of the molecule is CC(CC(=O)O)C(=O)c1ccc(OCC2(O)CC2)c(F)c1F. The number of carbonyl (C=O) groups is 2. The van der Waals surface area contributed by atoms with Gasteiger partial charge >= 0.3 is 5.97 Å². The Bertz CT molecular complexity index is 610. The first-order chi connectivity index (χ1) is 10.2. The molecule has 1 unspecified atom stereocenters. The van der Waals surface area contributed by atoms with E-state index < -0.39 is 46.9 Å². The van der Waals surface area contributed by atoms with Crippen LogP contribution in [0.3, 0.4) is 0 Å². The Labute approximate surface area is 125 Å². The third-order valence-corrected chi connectivity index (χ3v) is 3.56. The van der Waals surface area contributed by atoms with Gasteiger partial charge in [0.1, 0.15) is 6.61 Å². The van der Waals surface area contributed by atoms with Crippen molar-refractivity contribution in [2.45, 2.75) is 31.8 Å². The van der Waals surface area contributed by atoms with E-state index in [0.29, 0.717) is 12.8 Å². The predicted octanol–water partition coefficient (Wildman–Crippen LogP) is 2.16. The van der Waals surface area contributed by atoms with Gasteiger partial charge in [0, 0.05) is 5.92 Å². The summed E-state index contributed by atoms with van der Waals surface area (Å²) in [6.07, 6.45) is 0.617. The summed E-state index contributed by atoms with van der Waals surface area (Å²) < 4.78 is 32.9. The fourth-order valence-electron chi connectivity index (χ4n) is 1.95. The molecule has 0 aromatic heterocycles. The van der Waals surface area contributed by atoms with Crippen LogP contribution in [-0.4, -0.2) is 34.2 Å². The molecule has 5 nitrogen and oxygen atoms in total. The van der Waals surface area contributed by atoms with Crippen LogP contribution in [0.1, 0.15) is 36.5 Å². The summed E-state index contributed by atoms with van der Waals surface area (Å²) in [6.45, 7) is 1.19. The lowest BCUT2D eigenvalue weighted by Gasteiger charge is -2.13. The van der Waals surface area contributed by atoms with Crippen LogP contribution in [0.15, 0.2) is 12.1 Å². The summed E-state index contributed by atoms with van der Waals surface area (Å²) in [4.78, 5) is 22.5. The first-order valence-electron chi connectivity index (χ1n) is 6.83. The molecule has 0 heterocycles. The molecule has 0 amide bonds. The molecule has 2 rings (SSSR count). The molecule has 0 spiro atoms. The van der Waals surface area contributed by atoms with Crippen molar-refractivity contribution >= 4 is 11.8 Å². The van der Waals surface area contributed by atoms with Crippen LogP contribution in [0.5, 0.6) is 5.75 Å². The molecular weight excluding hydrogens is 298 g/mol.